The second kappa shape index (κ2) is 3.94. The standard InChI is InChI=1S/C15H16O3/c1-18-11-4-5-12-10(9-11)3-2-8-15(12)13(16)6-7-14(15)17/h4-5,9H,2-3,6-8H2,1H3. The molecule has 0 heterocycles. The molecular weight excluding hydrogens is 228 g/mol. The van der Waals surface area contributed by atoms with Crippen LogP contribution in [-0.2, 0) is 21.4 Å². The van der Waals surface area contributed by atoms with E-state index in [4.69, 9.17) is 4.74 Å². The fourth-order valence-electron chi connectivity index (χ4n) is 3.39. The summed E-state index contributed by atoms with van der Waals surface area (Å²) >= 11 is 0. The number of ketones is 2. The Morgan fingerprint density at radius 2 is 1.83 bits per heavy atom. The summed E-state index contributed by atoms with van der Waals surface area (Å²) in [5.41, 5.74) is 1.21. The van der Waals surface area contributed by atoms with E-state index in [-0.39, 0.29) is 11.6 Å². The fraction of sp³-hybridized carbons (Fsp3) is 0.467. The van der Waals surface area contributed by atoms with Crippen molar-refractivity contribution >= 4 is 11.6 Å². The molecule has 0 saturated heterocycles. The summed E-state index contributed by atoms with van der Waals surface area (Å²) in [4.78, 5) is 24.5. The molecule has 0 unspecified atom stereocenters. The minimum atomic E-state index is -0.820. The first kappa shape index (κ1) is 11.5. The maximum Gasteiger partial charge on any atom is 0.151 e. The van der Waals surface area contributed by atoms with Gasteiger partial charge in [0.25, 0.3) is 0 Å². The van der Waals surface area contributed by atoms with Crippen LogP contribution in [0.25, 0.3) is 0 Å². The van der Waals surface area contributed by atoms with Gasteiger partial charge in [0.2, 0.25) is 0 Å². The molecule has 0 atom stereocenters. The summed E-state index contributed by atoms with van der Waals surface area (Å²) < 4.78 is 5.22. The highest BCUT2D eigenvalue weighted by atomic mass is 16.5. The predicted octanol–water partition coefficient (Wildman–Crippen LogP) is 2.20. The van der Waals surface area contributed by atoms with E-state index in [1.165, 1.54) is 0 Å². The van der Waals surface area contributed by atoms with Crippen molar-refractivity contribution in [2.24, 2.45) is 0 Å². The minimum Gasteiger partial charge on any atom is -0.497 e. The lowest BCUT2D eigenvalue weighted by Gasteiger charge is -2.33. The fourth-order valence-corrected chi connectivity index (χ4v) is 3.39. The zero-order chi connectivity index (χ0) is 12.8. The molecule has 94 valence electrons. The van der Waals surface area contributed by atoms with E-state index in [0.29, 0.717) is 19.3 Å². The summed E-state index contributed by atoms with van der Waals surface area (Å²) in [6.45, 7) is 0. The number of rotatable bonds is 1. The molecular formula is C15H16O3. The molecule has 2 aliphatic carbocycles. The summed E-state index contributed by atoms with van der Waals surface area (Å²) in [5.74, 6) is 1.01. The first-order valence-electron chi connectivity index (χ1n) is 6.42. The van der Waals surface area contributed by atoms with E-state index in [9.17, 15) is 9.59 Å². The molecule has 0 bridgehead atoms. The van der Waals surface area contributed by atoms with Gasteiger partial charge < -0.3 is 4.74 Å². The van der Waals surface area contributed by atoms with Crippen molar-refractivity contribution in [3.05, 3.63) is 29.3 Å². The molecule has 1 aromatic rings. The molecule has 1 aromatic carbocycles. The van der Waals surface area contributed by atoms with E-state index < -0.39 is 5.41 Å². The number of ether oxygens (including phenoxy) is 1. The number of benzene rings is 1. The van der Waals surface area contributed by atoms with Crippen LogP contribution in [0, 0.1) is 0 Å². The second-order valence-electron chi connectivity index (χ2n) is 5.13. The van der Waals surface area contributed by atoms with Gasteiger partial charge in [0, 0.05) is 12.8 Å². The SMILES string of the molecule is COc1ccc2c(c1)CCCC21C(=O)CCC1=O. The Labute approximate surface area is 106 Å². The average molecular weight is 244 g/mol. The number of aryl methyl sites for hydroxylation is 1. The molecule has 0 N–H and O–H groups in total. The highest BCUT2D eigenvalue weighted by molar-refractivity contribution is 6.18. The van der Waals surface area contributed by atoms with Crippen molar-refractivity contribution in [1.82, 2.24) is 0 Å². The molecule has 1 spiro atoms. The summed E-state index contributed by atoms with van der Waals surface area (Å²) in [7, 11) is 1.63. The number of hydrogen-bond acceptors (Lipinski definition) is 3. The van der Waals surface area contributed by atoms with Gasteiger partial charge in [0.15, 0.2) is 11.6 Å². The van der Waals surface area contributed by atoms with E-state index in [1.54, 1.807) is 7.11 Å². The number of Topliss-reactive ketones (excluding diaryl/α,β-unsaturated/α-hetero) is 2. The Kier molecular flexibility index (Phi) is 2.51. The molecule has 3 heteroatoms. The van der Waals surface area contributed by atoms with Crippen LogP contribution in [0.4, 0.5) is 0 Å². The van der Waals surface area contributed by atoms with E-state index in [1.807, 2.05) is 18.2 Å². The number of carbonyl (C=O) groups is 2. The van der Waals surface area contributed by atoms with Crippen molar-refractivity contribution in [3.8, 4) is 5.75 Å². The van der Waals surface area contributed by atoms with Crippen molar-refractivity contribution in [2.45, 2.75) is 37.5 Å². The van der Waals surface area contributed by atoms with E-state index in [2.05, 4.69) is 0 Å². The quantitative estimate of drug-likeness (QED) is 0.711. The van der Waals surface area contributed by atoms with Gasteiger partial charge >= 0.3 is 0 Å². The third-order valence-electron chi connectivity index (χ3n) is 4.30. The first-order chi connectivity index (χ1) is 8.68. The topological polar surface area (TPSA) is 43.4 Å². The largest absolute Gasteiger partial charge is 0.497 e. The lowest BCUT2D eigenvalue weighted by Crippen LogP contribution is -2.41. The third-order valence-corrected chi connectivity index (χ3v) is 4.30. The molecule has 18 heavy (non-hydrogen) atoms. The molecule has 0 amide bonds. The average Bonchev–Trinajstić information content (AvgIpc) is 2.68. The number of carbonyl (C=O) groups excluding carboxylic acids is 2. The van der Waals surface area contributed by atoms with Crippen LogP contribution in [-0.4, -0.2) is 18.7 Å². The predicted molar refractivity (Wildman–Crippen MR) is 66.9 cm³/mol. The summed E-state index contributed by atoms with van der Waals surface area (Å²) in [6.07, 6.45) is 3.32. The molecule has 1 saturated carbocycles. The van der Waals surface area contributed by atoms with Gasteiger partial charge in [-0.25, -0.2) is 0 Å². The Bertz CT molecular complexity index is 515. The normalized spacial score (nSPS) is 21.2. The van der Waals surface area contributed by atoms with Crippen LogP contribution in [0.5, 0.6) is 5.75 Å². The van der Waals surface area contributed by atoms with Crippen LogP contribution in [0.3, 0.4) is 0 Å². The highest BCUT2D eigenvalue weighted by Crippen LogP contribution is 2.45. The Hall–Kier alpha value is -1.64. The third kappa shape index (κ3) is 1.36. The van der Waals surface area contributed by atoms with Crippen molar-refractivity contribution in [1.29, 1.82) is 0 Å². The van der Waals surface area contributed by atoms with Crippen molar-refractivity contribution in [3.63, 3.8) is 0 Å². The number of hydrogen-bond donors (Lipinski definition) is 0. The smallest absolute Gasteiger partial charge is 0.151 e. The Morgan fingerprint density at radius 3 is 2.50 bits per heavy atom. The van der Waals surface area contributed by atoms with Crippen LogP contribution in [0.15, 0.2) is 18.2 Å². The molecule has 0 radical (unpaired) electrons. The van der Waals surface area contributed by atoms with Crippen LogP contribution >= 0.6 is 0 Å². The van der Waals surface area contributed by atoms with Gasteiger partial charge in [0.1, 0.15) is 11.2 Å². The number of fused-ring (bicyclic) bond motifs is 2. The van der Waals surface area contributed by atoms with Crippen LogP contribution in [0.1, 0.15) is 36.8 Å². The van der Waals surface area contributed by atoms with Crippen molar-refractivity contribution < 1.29 is 14.3 Å². The summed E-state index contributed by atoms with van der Waals surface area (Å²) in [6, 6.07) is 5.73. The van der Waals surface area contributed by atoms with Crippen molar-refractivity contribution in [2.75, 3.05) is 7.11 Å². The molecule has 2 aliphatic rings. The zero-order valence-corrected chi connectivity index (χ0v) is 10.5. The van der Waals surface area contributed by atoms with Gasteiger partial charge in [-0.15, -0.1) is 0 Å². The van der Waals surface area contributed by atoms with Gasteiger partial charge in [-0.1, -0.05) is 6.07 Å². The Balaban J connectivity index is 2.18. The lowest BCUT2D eigenvalue weighted by atomic mass is 9.67. The van der Waals surface area contributed by atoms with Gasteiger partial charge in [0.05, 0.1) is 7.11 Å². The molecule has 1 fully saturated rings. The maximum absolute atomic E-state index is 12.2. The summed E-state index contributed by atoms with van der Waals surface area (Å²) in [5, 5.41) is 0. The number of methoxy groups -OCH3 is 1. The Morgan fingerprint density at radius 1 is 1.11 bits per heavy atom. The van der Waals surface area contributed by atoms with Crippen LogP contribution in [0.2, 0.25) is 0 Å². The van der Waals surface area contributed by atoms with E-state index in [0.717, 1.165) is 29.7 Å². The minimum absolute atomic E-state index is 0.110. The van der Waals surface area contributed by atoms with Gasteiger partial charge in [-0.2, -0.15) is 0 Å². The maximum atomic E-state index is 12.2. The monoisotopic (exact) mass is 244 g/mol. The van der Waals surface area contributed by atoms with Gasteiger partial charge in [-0.05, 0) is 42.5 Å². The molecule has 0 aliphatic heterocycles. The lowest BCUT2D eigenvalue weighted by molar-refractivity contribution is -0.130. The van der Waals surface area contributed by atoms with Crippen LogP contribution < -0.4 is 4.74 Å². The van der Waals surface area contributed by atoms with E-state index >= 15 is 0 Å². The first-order valence-corrected chi connectivity index (χ1v) is 6.42. The molecule has 3 nitrogen and oxygen atoms in total. The highest BCUT2D eigenvalue weighted by Gasteiger charge is 2.52. The molecule has 0 aromatic heterocycles. The van der Waals surface area contributed by atoms with Gasteiger partial charge in [-0.3, -0.25) is 9.59 Å². The molecule has 3 rings (SSSR count). The second-order valence-corrected chi connectivity index (χ2v) is 5.13. The zero-order valence-electron chi connectivity index (χ0n) is 10.5.